The van der Waals surface area contributed by atoms with Crippen LogP contribution in [0.15, 0.2) is 0 Å². The average molecular weight is 373 g/mol. The maximum atomic E-state index is 11.8. The third-order valence-corrected chi connectivity index (χ3v) is 4.04. The van der Waals surface area contributed by atoms with E-state index in [0.29, 0.717) is 6.42 Å². The van der Waals surface area contributed by atoms with Crippen molar-refractivity contribution in [3.8, 4) is 0 Å². The van der Waals surface area contributed by atoms with Crippen molar-refractivity contribution < 1.29 is 28.6 Å². The van der Waals surface area contributed by atoms with Gasteiger partial charge in [-0.3, -0.25) is 4.79 Å². The van der Waals surface area contributed by atoms with Crippen molar-refractivity contribution in [2.24, 2.45) is 0 Å². The molecule has 0 unspecified atom stereocenters. The molecule has 26 heavy (non-hydrogen) atoms. The molecule has 0 amide bonds. The lowest BCUT2D eigenvalue weighted by Crippen LogP contribution is -2.33. The van der Waals surface area contributed by atoms with Crippen LogP contribution in [-0.2, 0) is 28.6 Å². The van der Waals surface area contributed by atoms with E-state index in [0.717, 1.165) is 19.3 Å². The van der Waals surface area contributed by atoms with Gasteiger partial charge in [0.25, 0.3) is 0 Å². The van der Waals surface area contributed by atoms with E-state index >= 15 is 0 Å². The molecule has 0 aromatic rings. The molecule has 0 heterocycles. The fraction of sp³-hybridized carbons (Fsp3) is 0.850. The summed E-state index contributed by atoms with van der Waals surface area (Å²) in [6.07, 6.45) is 8.75. The lowest BCUT2D eigenvalue weighted by Gasteiger charge is -2.16. The molecule has 0 fully saturated rings. The number of hydrogen-bond donors (Lipinski definition) is 0. The highest BCUT2D eigenvalue weighted by atomic mass is 16.6. The monoisotopic (exact) mass is 372 g/mol. The molecule has 0 aliphatic heterocycles. The van der Waals surface area contributed by atoms with Gasteiger partial charge in [-0.25, -0.2) is 9.59 Å². The molecule has 6 nitrogen and oxygen atoms in total. The zero-order chi connectivity index (χ0) is 19.8. The molecule has 0 aromatic carbocycles. The molecular weight excluding hydrogens is 336 g/mol. The summed E-state index contributed by atoms with van der Waals surface area (Å²) < 4.78 is 14.7. The Balaban J connectivity index is 3.78. The smallest absolute Gasteiger partial charge is 0.347 e. The molecule has 2 atom stereocenters. The Labute approximate surface area is 157 Å². The van der Waals surface area contributed by atoms with Crippen molar-refractivity contribution in [1.82, 2.24) is 0 Å². The van der Waals surface area contributed by atoms with Crippen molar-refractivity contribution in [2.75, 3.05) is 6.61 Å². The summed E-state index contributed by atoms with van der Waals surface area (Å²) in [5.74, 6) is -1.78. The average Bonchev–Trinajstić information content (AvgIpc) is 2.60. The molecule has 0 rings (SSSR count). The van der Waals surface area contributed by atoms with E-state index in [4.69, 9.17) is 14.2 Å². The SMILES string of the molecule is CCCCCCCCCCCC(=O)O[C@H](C)C(=O)O[C@H](C)C(=O)OCC. The molecule has 0 spiro atoms. The molecule has 0 saturated heterocycles. The van der Waals surface area contributed by atoms with E-state index in [2.05, 4.69) is 6.92 Å². The molecule has 0 bridgehead atoms. The zero-order valence-electron chi connectivity index (χ0n) is 16.9. The highest BCUT2D eigenvalue weighted by Gasteiger charge is 2.25. The highest BCUT2D eigenvalue weighted by Crippen LogP contribution is 2.11. The number of carbonyl (C=O) groups excluding carboxylic acids is 3. The van der Waals surface area contributed by atoms with Crippen molar-refractivity contribution in [3.05, 3.63) is 0 Å². The van der Waals surface area contributed by atoms with Crippen LogP contribution in [0.2, 0.25) is 0 Å². The van der Waals surface area contributed by atoms with Gasteiger partial charge in [0.1, 0.15) is 0 Å². The number of carbonyl (C=O) groups is 3. The lowest BCUT2D eigenvalue weighted by molar-refractivity contribution is -0.176. The second-order valence-electron chi connectivity index (χ2n) is 6.54. The first-order chi connectivity index (χ1) is 12.4. The van der Waals surface area contributed by atoms with E-state index in [1.54, 1.807) is 6.92 Å². The summed E-state index contributed by atoms with van der Waals surface area (Å²) >= 11 is 0. The summed E-state index contributed by atoms with van der Waals surface area (Å²) in [5, 5.41) is 0. The Morgan fingerprint density at radius 2 is 1.19 bits per heavy atom. The van der Waals surface area contributed by atoms with E-state index in [1.807, 2.05) is 0 Å². The first kappa shape index (κ1) is 24.4. The maximum Gasteiger partial charge on any atom is 0.347 e. The van der Waals surface area contributed by atoms with Gasteiger partial charge in [-0.05, 0) is 27.2 Å². The second-order valence-corrected chi connectivity index (χ2v) is 6.54. The van der Waals surface area contributed by atoms with Crippen LogP contribution in [0.25, 0.3) is 0 Å². The molecule has 0 radical (unpaired) electrons. The Hall–Kier alpha value is -1.59. The van der Waals surface area contributed by atoms with Gasteiger partial charge >= 0.3 is 17.9 Å². The fourth-order valence-electron chi connectivity index (χ4n) is 2.46. The van der Waals surface area contributed by atoms with Gasteiger partial charge in [-0.2, -0.15) is 0 Å². The summed E-state index contributed by atoms with van der Waals surface area (Å²) in [5.41, 5.74) is 0. The standard InChI is InChI=1S/C20H36O6/c1-5-7-8-9-10-11-12-13-14-15-18(21)25-17(4)20(23)26-16(3)19(22)24-6-2/h16-17H,5-15H2,1-4H3/t16-,17-/m1/s1. The van der Waals surface area contributed by atoms with Crippen LogP contribution in [0.3, 0.4) is 0 Å². The third kappa shape index (κ3) is 12.7. The third-order valence-electron chi connectivity index (χ3n) is 4.04. The molecule has 0 aromatic heterocycles. The topological polar surface area (TPSA) is 78.9 Å². The van der Waals surface area contributed by atoms with Gasteiger partial charge in [0.15, 0.2) is 12.2 Å². The molecule has 0 N–H and O–H groups in total. The van der Waals surface area contributed by atoms with Crippen molar-refractivity contribution in [2.45, 2.75) is 104 Å². The summed E-state index contributed by atoms with van der Waals surface area (Å²) in [6.45, 7) is 6.95. The molecule has 152 valence electrons. The highest BCUT2D eigenvalue weighted by molar-refractivity contribution is 5.82. The van der Waals surface area contributed by atoms with Crippen LogP contribution in [0.4, 0.5) is 0 Å². The minimum Gasteiger partial charge on any atom is -0.463 e. The number of unbranched alkanes of at least 4 members (excludes halogenated alkanes) is 8. The van der Waals surface area contributed by atoms with Gasteiger partial charge < -0.3 is 14.2 Å². The van der Waals surface area contributed by atoms with E-state index in [-0.39, 0.29) is 6.61 Å². The number of ether oxygens (including phenoxy) is 3. The van der Waals surface area contributed by atoms with Crippen molar-refractivity contribution in [3.63, 3.8) is 0 Å². The number of rotatable bonds is 15. The molecule has 6 heteroatoms. The predicted octanol–water partition coefficient (Wildman–Crippen LogP) is 4.33. The van der Waals surface area contributed by atoms with E-state index in [9.17, 15) is 14.4 Å². The van der Waals surface area contributed by atoms with Crippen LogP contribution in [0.5, 0.6) is 0 Å². The second kappa shape index (κ2) is 15.6. The summed E-state index contributed by atoms with van der Waals surface area (Å²) in [7, 11) is 0. The van der Waals surface area contributed by atoms with Crippen LogP contribution in [-0.4, -0.2) is 36.7 Å². The lowest BCUT2D eigenvalue weighted by atomic mass is 10.1. The van der Waals surface area contributed by atoms with Crippen molar-refractivity contribution >= 4 is 17.9 Å². The minimum absolute atomic E-state index is 0.212. The van der Waals surface area contributed by atoms with Gasteiger partial charge in [0.05, 0.1) is 6.61 Å². The van der Waals surface area contributed by atoms with Crippen LogP contribution >= 0.6 is 0 Å². The Morgan fingerprint density at radius 1 is 0.692 bits per heavy atom. The van der Waals surface area contributed by atoms with Gasteiger partial charge in [0.2, 0.25) is 0 Å². The maximum absolute atomic E-state index is 11.8. The normalized spacial score (nSPS) is 12.9. The van der Waals surface area contributed by atoms with E-state index < -0.39 is 30.1 Å². The molecule has 0 aliphatic carbocycles. The molecule has 0 aliphatic rings. The Bertz CT molecular complexity index is 407. The largest absolute Gasteiger partial charge is 0.463 e. The Morgan fingerprint density at radius 3 is 1.73 bits per heavy atom. The molecule has 0 saturated carbocycles. The Kier molecular flexibility index (Phi) is 14.7. The summed E-state index contributed by atoms with van der Waals surface area (Å²) in [6, 6.07) is 0. The first-order valence-corrected chi connectivity index (χ1v) is 9.98. The van der Waals surface area contributed by atoms with Crippen LogP contribution in [0.1, 0.15) is 91.9 Å². The van der Waals surface area contributed by atoms with Crippen LogP contribution < -0.4 is 0 Å². The fourth-order valence-corrected chi connectivity index (χ4v) is 2.46. The van der Waals surface area contributed by atoms with Crippen LogP contribution in [0, 0.1) is 0 Å². The number of esters is 3. The first-order valence-electron chi connectivity index (χ1n) is 9.98. The van der Waals surface area contributed by atoms with E-state index in [1.165, 1.54) is 52.4 Å². The minimum atomic E-state index is -1.03. The number of hydrogen-bond acceptors (Lipinski definition) is 6. The zero-order valence-corrected chi connectivity index (χ0v) is 16.9. The van der Waals surface area contributed by atoms with Gasteiger partial charge in [0, 0.05) is 6.42 Å². The molecular formula is C20H36O6. The summed E-state index contributed by atoms with van der Waals surface area (Å²) in [4.78, 5) is 35.0. The predicted molar refractivity (Wildman–Crippen MR) is 99.6 cm³/mol. The van der Waals surface area contributed by atoms with Gasteiger partial charge in [-0.1, -0.05) is 58.3 Å². The van der Waals surface area contributed by atoms with Crippen molar-refractivity contribution in [1.29, 1.82) is 0 Å². The quantitative estimate of drug-likeness (QED) is 0.242. The van der Waals surface area contributed by atoms with Gasteiger partial charge in [-0.15, -0.1) is 0 Å².